The summed E-state index contributed by atoms with van der Waals surface area (Å²) in [6, 6.07) is 19.7. The van der Waals surface area contributed by atoms with Crippen LogP contribution in [0.1, 0.15) is 24.0 Å². The molecule has 1 aliphatic carbocycles. The SMILES string of the molecule is COCC(Nc1ccccc1Cc1ccccc1)C1CC1. The van der Waals surface area contributed by atoms with Crippen LogP contribution in [0, 0.1) is 5.92 Å². The van der Waals surface area contributed by atoms with Gasteiger partial charge >= 0.3 is 0 Å². The van der Waals surface area contributed by atoms with Crippen LogP contribution in [-0.4, -0.2) is 19.8 Å². The molecule has 2 nitrogen and oxygen atoms in total. The highest BCUT2D eigenvalue weighted by molar-refractivity contribution is 5.53. The fourth-order valence-electron chi connectivity index (χ4n) is 2.80. The third-order valence-electron chi connectivity index (χ3n) is 4.13. The van der Waals surface area contributed by atoms with Gasteiger partial charge in [0.25, 0.3) is 0 Å². The topological polar surface area (TPSA) is 21.3 Å². The van der Waals surface area contributed by atoms with Crippen molar-refractivity contribution in [2.75, 3.05) is 19.0 Å². The van der Waals surface area contributed by atoms with Crippen LogP contribution in [0.3, 0.4) is 0 Å². The van der Waals surface area contributed by atoms with E-state index < -0.39 is 0 Å². The molecule has 0 aromatic heterocycles. The lowest BCUT2D eigenvalue weighted by atomic mass is 10.0. The lowest BCUT2D eigenvalue weighted by Gasteiger charge is -2.21. The minimum Gasteiger partial charge on any atom is -0.383 e. The average molecular weight is 281 g/mol. The van der Waals surface area contributed by atoms with Gasteiger partial charge in [0, 0.05) is 12.8 Å². The summed E-state index contributed by atoms with van der Waals surface area (Å²) in [6.45, 7) is 0.782. The fourth-order valence-corrected chi connectivity index (χ4v) is 2.80. The van der Waals surface area contributed by atoms with E-state index in [4.69, 9.17) is 4.74 Å². The fraction of sp³-hybridized carbons (Fsp3) is 0.368. The first-order valence-electron chi connectivity index (χ1n) is 7.74. The van der Waals surface area contributed by atoms with Gasteiger partial charge in [-0.25, -0.2) is 0 Å². The summed E-state index contributed by atoms with van der Waals surface area (Å²) in [4.78, 5) is 0. The zero-order valence-corrected chi connectivity index (χ0v) is 12.6. The van der Waals surface area contributed by atoms with Crippen molar-refractivity contribution >= 4 is 5.69 Å². The molecule has 0 bridgehead atoms. The lowest BCUT2D eigenvalue weighted by molar-refractivity contribution is 0.179. The molecule has 1 unspecified atom stereocenters. The summed E-state index contributed by atoms with van der Waals surface area (Å²) < 4.78 is 5.37. The Labute approximate surface area is 127 Å². The largest absolute Gasteiger partial charge is 0.383 e. The van der Waals surface area contributed by atoms with E-state index in [0.717, 1.165) is 18.9 Å². The molecule has 2 aromatic rings. The van der Waals surface area contributed by atoms with Crippen molar-refractivity contribution in [2.45, 2.75) is 25.3 Å². The molecule has 1 aliphatic rings. The Morgan fingerprint density at radius 3 is 2.48 bits per heavy atom. The summed E-state index contributed by atoms with van der Waals surface area (Å²) in [5, 5.41) is 3.71. The van der Waals surface area contributed by atoms with E-state index in [0.29, 0.717) is 6.04 Å². The second-order valence-corrected chi connectivity index (χ2v) is 5.86. The first kappa shape index (κ1) is 14.2. The van der Waals surface area contributed by atoms with Crippen LogP contribution in [-0.2, 0) is 11.2 Å². The molecule has 0 amide bonds. The number of nitrogens with one attached hydrogen (secondary N) is 1. The Hall–Kier alpha value is -1.80. The van der Waals surface area contributed by atoms with Crippen molar-refractivity contribution in [3.63, 3.8) is 0 Å². The molecule has 0 spiro atoms. The number of rotatable bonds is 7. The maximum Gasteiger partial charge on any atom is 0.0666 e. The van der Waals surface area contributed by atoms with Crippen LogP contribution in [0.5, 0.6) is 0 Å². The molecule has 0 radical (unpaired) electrons. The molecule has 3 rings (SSSR count). The van der Waals surface area contributed by atoms with Crippen molar-refractivity contribution in [3.05, 3.63) is 65.7 Å². The van der Waals surface area contributed by atoms with Crippen molar-refractivity contribution in [2.24, 2.45) is 5.92 Å². The Kier molecular flexibility index (Phi) is 4.56. The number of para-hydroxylation sites is 1. The van der Waals surface area contributed by atoms with E-state index in [2.05, 4.69) is 59.9 Å². The lowest BCUT2D eigenvalue weighted by Crippen LogP contribution is -2.27. The van der Waals surface area contributed by atoms with Gasteiger partial charge in [0.2, 0.25) is 0 Å². The normalized spacial score (nSPS) is 15.7. The molecule has 0 saturated heterocycles. The van der Waals surface area contributed by atoms with E-state index in [9.17, 15) is 0 Å². The van der Waals surface area contributed by atoms with E-state index in [1.54, 1.807) is 7.11 Å². The number of ether oxygens (including phenoxy) is 1. The molecule has 2 heteroatoms. The summed E-state index contributed by atoms with van der Waals surface area (Å²) in [5.74, 6) is 0.773. The second kappa shape index (κ2) is 6.77. The minimum absolute atomic E-state index is 0.437. The van der Waals surface area contributed by atoms with Crippen molar-refractivity contribution in [3.8, 4) is 0 Å². The molecule has 110 valence electrons. The Morgan fingerprint density at radius 1 is 1.05 bits per heavy atom. The molecule has 1 N–H and O–H groups in total. The summed E-state index contributed by atoms with van der Waals surface area (Å²) in [7, 11) is 1.78. The second-order valence-electron chi connectivity index (χ2n) is 5.86. The summed E-state index contributed by atoms with van der Waals surface area (Å²) in [5.41, 5.74) is 3.95. The summed E-state index contributed by atoms with van der Waals surface area (Å²) in [6.07, 6.45) is 3.61. The average Bonchev–Trinajstić information content (AvgIpc) is 3.34. The van der Waals surface area contributed by atoms with Crippen molar-refractivity contribution in [1.82, 2.24) is 0 Å². The van der Waals surface area contributed by atoms with Gasteiger partial charge in [0.15, 0.2) is 0 Å². The molecule has 0 heterocycles. The third kappa shape index (κ3) is 3.85. The number of benzene rings is 2. The zero-order valence-electron chi connectivity index (χ0n) is 12.6. The highest BCUT2D eigenvalue weighted by atomic mass is 16.5. The highest BCUT2D eigenvalue weighted by Crippen LogP contribution is 2.35. The first-order valence-corrected chi connectivity index (χ1v) is 7.74. The Balaban J connectivity index is 1.75. The number of hydrogen-bond donors (Lipinski definition) is 1. The van der Waals surface area contributed by atoms with E-state index in [1.165, 1.54) is 29.7 Å². The Morgan fingerprint density at radius 2 is 1.76 bits per heavy atom. The number of hydrogen-bond acceptors (Lipinski definition) is 2. The highest BCUT2D eigenvalue weighted by Gasteiger charge is 2.31. The van der Waals surface area contributed by atoms with Crippen LogP contribution in [0.2, 0.25) is 0 Å². The minimum atomic E-state index is 0.437. The van der Waals surface area contributed by atoms with Gasteiger partial charge in [-0.3, -0.25) is 0 Å². The van der Waals surface area contributed by atoms with Gasteiger partial charge in [-0.1, -0.05) is 48.5 Å². The van der Waals surface area contributed by atoms with Crippen LogP contribution < -0.4 is 5.32 Å². The smallest absolute Gasteiger partial charge is 0.0666 e. The van der Waals surface area contributed by atoms with Gasteiger partial charge in [0.1, 0.15) is 0 Å². The van der Waals surface area contributed by atoms with Crippen LogP contribution >= 0.6 is 0 Å². The van der Waals surface area contributed by atoms with Crippen LogP contribution in [0.4, 0.5) is 5.69 Å². The molecular weight excluding hydrogens is 258 g/mol. The number of anilines is 1. The summed E-state index contributed by atoms with van der Waals surface area (Å²) >= 11 is 0. The quantitative estimate of drug-likeness (QED) is 0.824. The predicted molar refractivity (Wildman–Crippen MR) is 87.7 cm³/mol. The predicted octanol–water partition coefficient (Wildman–Crippen LogP) is 4.11. The molecule has 2 aromatic carbocycles. The van der Waals surface area contributed by atoms with Crippen molar-refractivity contribution < 1.29 is 4.74 Å². The molecule has 1 atom stereocenters. The van der Waals surface area contributed by atoms with E-state index in [-0.39, 0.29) is 0 Å². The standard InChI is InChI=1S/C19H23NO/c1-21-14-19(16-11-12-16)20-18-10-6-5-9-17(18)13-15-7-3-2-4-8-15/h2-10,16,19-20H,11-14H2,1H3. The van der Waals surface area contributed by atoms with E-state index >= 15 is 0 Å². The third-order valence-corrected chi connectivity index (χ3v) is 4.13. The van der Waals surface area contributed by atoms with Gasteiger partial charge in [-0.15, -0.1) is 0 Å². The Bertz CT molecular complexity index is 563. The van der Waals surface area contributed by atoms with Crippen LogP contribution in [0.15, 0.2) is 54.6 Å². The van der Waals surface area contributed by atoms with Gasteiger partial charge < -0.3 is 10.1 Å². The first-order chi connectivity index (χ1) is 10.4. The van der Waals surface area contributed by atoms with Gasteiger partial charge in [-0.05, 0) is 42.4 Å². The van der Waals surface area contributed by atoms with Gasteiger partial charge in [0.05, 0.1) is 12.6 Å². The number of methoxy groups -OCH3 is 1. The zero-order chi connectivity index (χ0) is 14.5. The molecule has 1 saturated carbocycles. The van der Waals surface area contributed by atoms with Crippen LogP contribution in [0.25, 0.3) is 0 Å². The monoisotopic (exact) mass is 281 g/mol. The maximum atomic E-state index is 5.37. The molecule has 0 aliphatic heterocycles. The molecule has 21 heavy (non-hydrogen) atoms. The molecule has 1 fully saturated rings. The van der Waals surface area contributed by atoms with Crippen molar-refractivity contribution in [1.29, 1.82) is 0 Å². The van der Waals surface area contributed by atoms with Gasteiger partial charge in [-0.2, -0.15) is 0 Å². The van der Waals surface area contributed by atoms with E-state index in [1.807, 2.05) is 0 Å². The molecular formula is C19H23NO. The maximum absolute atomic E-state index is 5.37.